The summed E-state index contributed by atoms with van der Waals surface area (Å²) in [5.74, 6) is 0.560. The maximum absolute atomic E-state index is 13.7. The number of nitriles is 1. The van der Waals surface area contributed by atoms with E-state index in [0.29, 0.717) is 16.7 Å². The molecule has 0 aliphatic carbocycles. The Bertz CT molecular complexity index is 1450. The van der Waals surface area contributed by atoms with Crippen LogP contribution in [0.5, 0.6) is 0 Å². The van der Waals surface area contributed by atoms with Crippen LogP contribution < -0.4 is 22.3 Å². The lowest BCUT2D eigenvalue weighted by atomic mass is 10.1. The summed E-state index contributed by atoms with van der Waals surface area (Å²) < 4.78 is 1.60. The molecule has 0 saturated carbocycles. The quantitative estimate of drug-likeness (QED) is 0.451. The molecule has 0 spiro atoms. The number of anilines is 3. The Morgan fingerprint density at radius 2 is 1.75 bits per heavy atom. The van der Waals surface area contributed by atoms with Crippen molar-refractivity contribution < 1.29 is 0 Å². The van der Waals surface area contributed by atoms with Gasteiger partial charge in [0.25, 0.3) is 5.56 Å². The fraction of sp³-hybridized carbons (Fsp3) is 0.174. The maximum Gasteiger partial charge on any atom is 0.266 e. The highest BCUT2D eigenvalue weighted by molar-refractivity contribution is 5.81. The number of benzene rings is 2. The molecular weight excluding hydrogens is 404 g/mol. The molecule has 1 unspecified atom stereocenters. The summed E-state index contributed by atoms with van der Waals surface area (Å²) in [6.07, 6.45) is 0. The first kappa shape index (κ1) is 20.8. The number of aryl methyl sites for hydroxylation is 2. The van der Waals surface area contributed by atoms with Crippen LogP contribution >= 0.6 is 0 Å². The first-order valence-corrected chi connectivity index (χ1v) is 9.99. The molecule has 9 heteroatoms. The van der Waals surface area contributed by atoms with E-state index in [-0.39, 0.29) is 28.7 Å². The number of para-hydroxylation sites is 1. The molecule has 5 N–H and O–H groups in total. The zero-order valence-electron chi connectivity index (χ0n) is 17.9. The van der Waals surface area contributed by atoms with E-state index in [4.69, 9.17) is 16.5 Å². The fourth-order valence-electron chi connectivity index (χ4n) is 3.73. The minimum absolute atomic E-state index is 0.0203. The molecule has 2 heterocycles. The van der Waals surface area contributed by atoms with Crippen molar-refractivity contribution in [3.8, 4) is 11.8 Å². The van der Waals surface area contributed by atoms with Crippen molar-refractivity contribution in [1.82, 2.24) is 19.5 Å². The van der Waals surface area contributed by atoms with Gasteiger partial charge in [-0.25, -0.2) is 4.98 Å². The molecule has 0 saturated heterocycles. The van der Waals surface area contributed by atoms with Crippen molar-refractivity contribution in [2.75, 3.05) is 16.8 Å². The summed E-state index contributed by atoms with van der Waals surface area (Å²) in [6, 6.07) is 14.6. The molecule has 1 atom stereocenters. The number of nitrogens with two attached hydrogens (primary N) is 2. The number of fused-ring (bicyclic) bond motifs is 1. The third kappa shape index (κ3) is 3.48. The predicted octanol–water partition coefficient (Wildman–Crippen LogP) is 3.00. The van der Waals surface area contributed by atoms with E-state index in [0.717, 1.165) is 16.8 Å². The average Bonchev–Trinajstić information content (AvgIpc) is 2.74. The van der Waals surface area contributed by atoms with Crippen molar-refractivity contribution in [3.63, 3.8) is 0 Å². The number of nitrogens with one attached hydrogen (secondary N) is 1. The van der Waals surface area contributed by atoms with Gasteiger partial charge in [-0.15, -0.1) is 0 Å². The third-order valence-electron chi connectivity index (χ3n) is 5.29. The van der Waals surface area contributed by atoms with Crippen LogP contribution in [0.25, 0.3) is 16.6 Å². The third-order valence-corrected chi connectivity index (χ3v) is 5.29. The van der Waals surface area contributed by atoms with Crippen molar-refractivity contribution in [2.45, 2.75) is 26.8 Å². The number of nitrogen functional groups attached to an aromatic ring is 2. The predicted molar refractivity (Wildman–Crippen MR) is 124 cm³/mol. The Labute approximate surface area is 184 Å². The molecule has 0 amide bonds. The molecule has 9 nitrogen and oxygen atoms in total. The van der Waals surface area contributed by atoms with Crippen LogP contribution in [0.15, 0.2) is 47.3 Å². The van der Waals surface area contributed by atoms with Gasteiger partial charge in [-0.3, -0.25) is 9.36 Å². The van der Waals surface area contributed by atoms with E-state index in [1.165, 1.54) is 0 Å². The second-order valence-electron chi connectivity index (χ2n) is 7.53. The van der Waals surface area contributed by atoms with E-state index < -0.39 is 6.04 Å². The summed E-state index contributed by atoms with van der Waals surface area (Å²) in [6.45, 7) is 5.65. The Morgan fingerprint density at radius 1 is 1.03 bits per heavy atom. The van der Waals surface area contributed by atoms with Gasteiger partial charge in [-0.1, -0.05) is 30.3 Å². The molecule has 0 fully saturated rings. The van der Waals surface area contributed by atoms with E-state index in [1.54, 1.807) is 4.57 Å². The lowest BCUT2D eigenvalue weighted by Gasteiger charge is -2.22. The Balaban J connectivity index is 1.97. The molecular formula is C23H22N8O. The van der Waals surface area contributed by atoms with Gasteiger partial charge in [0.15, 0.2) is 5.82 Å². The van der Waals surface area contributed by atoms with Crippen LogP contribution in [0, 0.1) is 25.2 Å². The van der Waals surface area contributed by atoms with Gasteiger partial charge in [-0.05, 0) is 44.0 Å². The van der Waals surface area contributed by atoms with E-state index in [2.05, 4.69) is 15.3 Å². The van der Waals surface area contributed by atoms with Crippen molar-refractivity contribution in [3.05, 3.63) is 75.3 Å². The van der Waals surface area contributed by atoms with Gasteiger partial charge < -0.3 is 16.8 Å². The number of aromatic nitrogens is 4. The van der Waals surface area contributed by atoms with Crippen molar-refractivity contribution in [2.24, 2.45) is 0 Å². The van der Waals surface area contributed by atoms with Crippen LogP contribution in [-0.4, -0.2) is 19.5 Å². The Kier molecular flexibility index (Phi) is 5.20. The Hall–Kier alpha value is -4.45. The molecule has 160 valence electrons. The summed E-state index contributed by atoms with van der Waals surface area (Å²) in [5.41, 5.74) is 14.6. The molecule has 0 radical (unpaired) electrons. The molecule has 32 heavy (non-hydrogen) atoms. The summed E-state index contributed by atoms with van der Waals surface area (Å²) in [7, 11) is 0. The molecule has 0 bridgehead atoms. The summed E-state index contributed by atoms with van der Waals surface area (Å²) in [4.78, 5) is 26.5. The van der Waals surface area contributed by atoms with E-state index in [9.17, 15) is 10.1 Å². The number of hydrogen-bond donors (Lipinski definition) is 3. The van der Waals surface area contributed by atoms with E-state index >= 15 is 0 Å². The average molecular weight is 426 g/mol. The lowest BCUT2D eigenvalue weighted by molar-refractivity contribution is 0.728. The molecule has 4 rings (SSSR count). The lowest BCUT2D eigenvalue weighted by Crippen LogP contribution is -2.28. The minimum Gasteiger partial charge on any atom is -0.382 e. The van der Waals surface area contributed by atoms with Gasteiger partial charge in [0.05, 0.1) is 22.6 Å². The van der Waals surface area contributed by atoms with Crippen LogP contribution in [0.4, 0.5) is 17.6 Å². The number of hydrogen-bond acceptors (Lipinski definition) is 8. The smallest absolute Gasteiger partial charge is 0.266 e. The Morgan fingerprint density at radius 3 is 2.47 bits per heavy atom. The van der Waals surface area contributed by atoms with E-state index in [1.807, 2.05) is 69.3 Å². The molecule has 2 aromatic heterocycles. The van der Waals surface area contributed by atoms with Gasteiger partial charge in [0, 0.05) is 0 Å². The molecule has 4 aromatic rings. The number of nitrogens with zero attached hydrogens (tertiary/aromatic N) is 5. The topological polar surface area (TPSA) is 149 Å². The van der Waals surface area contributed by atoms with Gasteiger partial charge >= 0.3 is 0 Å². The summed E-state index contributed by atoms with van der Waals surface area (Å²) >= 11 is 0. The molecule has 2 aromatic carbocycles. The standard InChI is InChI=1S/C23H22N8O/c1-12-7-4-5-10-17(12)31-21(28-16-9-6-8-13(2)18(16)22(31)32)14(3)27-20-15(11-24)19(25)29-23(26)30-20/h4-10,14H,1-3H3,(H5,25,26,27,29,30). The van der Waals surface area contributed by atoms with Crippen LogP contribution in [0.2, 0.25) is 0 Å². The first-order chi connectivity index (χ1) is 15.3. The zero-order valence-corrected chi connectivity index (χ0v) is 17.9. The van der Waals surface area contributed by atoms with Crippen LogP contribution in [0.3, 0.4) is 0 Å². The molecule has 0 aliphatic heterocycles. The second-order valence-corrected chi connectivity index (χ2v) is 7.53. The van der Waals surface area contributed by atoms with Crippen molar-refractivity contribution in [1.29, 1.82) is 5.26 Å². The van der Waals surface area contributed by atoms with Gasteiger partial charge in [-0.2, -0.15) is 15.2 Å². The molecule has 0 aliphatic rings. The minimum atomic E-state index is -0.520. The SMILES string of the molecule is Cc1ccccc1-n1c(C(C)Nc2nc(N)nc(N)c2C#N)nc2cccc(C)c2c1=O. The van der Waals surface area contributed by atoms with Crippen LogP contribution in [0.1, 0.15) is 35.5 Å². The fourth-order valence-corrected chi connectivity index (χ4v) is 3.73. The highest BCUT2D eigenvalue weighted by Gasteiger charge is 2.22. The highest BCUT2D eigenvalue weighted by atomic mass is 16.1. The first-order valence-electron chi connectivity index (χ1n) is 9.99. The van der Waals surface area contributed by atoms with Crippen LogP contribution in [-0.2, 0) is 0 Å². The second kappa shape index (κ2) is 8.00. The highest BCUT2D eigenvalue weighted by Crippen LogP contribution is 2.26. The number of rotatable bonds is 4. The normalized spacial score (nSPS) is 11.8. The largest absolute Gasteiger partial charge is 0.382 e. The zero-order chi connectivity index (χ0) is 23.0. The monoisotopic (exact) mass is 426 g/mol. The van der Waals surface area contributed by atoms with Gasteiger partial charge in [0.2, 0.25) is 5.95 Å². The summed E-state index contributed by atoms with van der Waals surface area (Å²) in [5, 5.41) is 13.2. The van der Waals surface area contributed by atoms with Crippen molar-refractivity contribution >= 4 is 28.5 Å². The maximum atomic E-state index is 13.7. The van der Waals surface area contributed by atoms with Gasteiger partial charge in [0.1, 0.15) is 23.3 Å².